The Hall–Kier alpha value is -2.62. The maximum Gasteiger partial charge on any atom is 0.314 e. The maximum atomic E-state index is 12.4. The predicted octanol–water partition coefficient (Wildman–Crippen LogP) is 4.87. The van der Waals surface area contributed by atoms with E-state index in [0.717, 1.165) is 12.0 Å². The van der Waals surface area contributed by atoms with Crippen LogP contribution in [0.2, 0.25) is 0 Å². The fourth-order valence-electron chi connectivity index (χ4n) is 3.36. The second-order valence-corrected chi connectivity index (χ2v) is 7.20. The molecule has 0 heterocycles. The van der Waals surface area contributed by atoms with Gasteiger partial charge in [-0.05, 0) is 68.9 Å². The maximum absolute atomic E-state index is 12.4. The topological polar surface area (TPSA) is 52.6 Å². The first-order valence-electron chi connectivity index (χ1n) is 9.64. The highest BCUT2D eigenvalue weighted by Crippen LogP contribution is 2.31. The summed E-state index contributed by atoms with van der Waals surface area (Å²) in [5.41, 5.74) is 2.33. The van der Waals surface area contributed by atoms with Crippen molar-refractivity contribution in [3.05, 3.63) is 59.7 Å². The van der Waals surface area contributed by atoms with Gasteiger partial charge in [-0.15, -0.1) is 0 Å². The molecule has 0 spiro atoms. The van der Waals surface area contributed by atoms with Crippen molar-refractivity contribution in [2.45, 2.75) is 46.0 Å². The van der Waals surface area contributed by atoms with Gasteiger partial charge in [-0.25, -0.2) is 0 Å². The highest BCUT2D eigenvalue weighted by molar-refractivity contribution is 5.77. The van der Waals surface area contributed by atoms with E-state index in [9.17, 15) is 9.59 Å². The van der Waals surface area contributed by atoms with Gasteiger partial charge >= 0.3 is 11.9 Å². The molecule has 1 saturated carbocycles. The van der Waals surface area contributed by atoms with Crippen LogP contribution in [0.25, 0.3) is 0 Å². The minimum Gasteiger partial charge on any atom is -0.426 e. The Morgan fingerprint density at radius 1 is 0.778 bits per heavy atom. The Balaban J connectivity index is 1.47. The van der Waals surface area contributed by atoms with Gasteiger partial charge in [-0.3, -0.25) is 9.59 Å². The normalized spacial score (nSPS) is 19.3. The average Bonchev–Trinajstić information content (AvgIpc) is 2.70. The van der Waals surface area contributed by atoms with Crippen LogP contribution in [0.15, 0.2) is 48.5 Å². The predicted molar refractivity (Wildman–Crippen MR) is 104 cm³/mol. The molecule has 142 valence electrons. The van der Waals surface area contributed by atoms with Crippen molar-refractivity contribution in [3.63, 3.8) is 0 Å². The summed E-state index contributed by atoms with van der Waals surface area (Å²) in [6, 6.07) is 15.1. The van der Waals surface area contributed by atoms with Crippen molar-refractivity contribution >= 4 is 11.9 Å². The summed E-state index contributed by atoms with van der Waals surface area (Å²) in [6.07, 6.45) is 3.56. The van der Waals surface area contributed by atoms with E-state index < -0.39 is 0 Å². The molecule has 0 atom stereocenters. The van der Waals surface area contributed by atoms with Gasteiger partial charge < -0.3 is 9.47 Å². The minimum absolute atomic E-state index is 0.153. The van der Waals surface area contributed by atoms with E-state index in [1.165, 1.54) is 5.56 Å². The first-order chi connectivity index (χ1) is 13.0. The molecule has 3 rings (SSSR count). The molecule has 0 saturated heterocycles. The number of rotatable bonds is 5. The van der Waals surface area contributed by atoms with Crippen molar-refractivity contribution in [1.82, 2.24) is 0 Å². The number of hydrogen-bond acceptors (Lipinski definition) is 4. The molecule has 0 unspecified atom stereocenters. The molecule has 4 nitrogen and oxygen atoms in total. The second-order valence-electron chi connectivity index (χ2n) is 7.20. The van der Waals surface area contributed by atoms with Crippen LogP contribution in [0, 0.1) is 18.8 Å². The van der Waals surface area contributed by atoms with E-state index in [0.29, 0.717) is 37.2 Å². The van der Waals surface area contributed by atoms with Crippen molar-refractivity contribution in [3.8, 4) is 11.5 Å². The van der Waals surface area contributed by atoms with Gasteiger partial charge in [0.2, 0.25) is 0 Å². The molecule has 0 radical (unpaired) electrons. The largest absolute Gasteiger partial charge is 0.426 e. The SMILES string of the molecule is CCc1ccc(OC(=O)C2CCC(C(=O)Oc3ccc(C)cc3)CC2)cc1. The standard InChI is InChI=1S/C23H26O4/c1-3-17-6-14-21(15-7-17)27-23(25)19-10-8-18(9-11-19)22(24)26-20-12-4-16(2)5-13-20/h4-7,12-15,18-19H,3,8-11H2,1-2H3. The van der Waals surface area contributed by atoms with Crippen LogP contribution >= 0.6 is 0 Å². The number of benzene rings is 2. The van der Waals surface area contributed by atoms with Crippen molar-refractivity contribution in [2.24, 2.45) is 11.8 Å². The number of carbonyl (C=O) groups is 2. The molecule has 0 bridgehead atoms. The quantitative estimate of drug-likeness (QED) is 0.559. The third-order valence-corrected chi connectivity index (χ3v) is 5.18. The first-order valence-corrected chi connectivity index (χ1v) is 9.64. The minimum atomic E-state index is -0.208. The van der Waals surface area contributed by atoms with Gasteiger partial charge in [0.25, 0.3) is 0 Å². The second kappa shape index (κ2) is 8.85. The Labute approximate surface area is 160 Å². The van der Waals surface area contributed by atoms with Crippen molar-refractivity contribution in [1.29, 1.82) is 0 Å². The van der Waals surface area contributed by atoms with E-state index in [2.05, 4.69) is 6.92 Å². The van der Waals surface area contributed by atoms with E-state index >= 15 is 0 Å². The molecule has 27 heavy (non-hydrogen) atoms. The Morgan fingerprint density at radius 3 is 1.59 bits per heavy atom. The first kappa shape index (κ1) is 19.2. The number of aryl methyl sites for hydroxylation is 2. The number of ether oxygens (including phenoxy) is 2. The fraction of sp³-hybridized carbons (Fsp3) is 0.391. The molecular formula is C23H26O4. The fourth-order valence-corrected chi connectivity index (χ4v) is 3.36. The Kier molecular flexibility index (Phi) is 6.28. The van der Waals surface area contributed by atoms with Crippen LogP contribution in [0.3, 0.4) is 0 Å². The molecule has 1 fully saturated rings. The van der Waals surface area contributed by atoms with Crippen LogP contribution in [0.4, 0.5) is 0 Å². The number of esters is 2. The summed E-state index contributed by atoms with van der Waals surface area (Å²) in [5, 5.41) is 0. The lowest BCUT2D eigenvalue weighted by atomic mass is 9.82. The zero-order valence-electron chi connectivity index (χ0n) is 15.9. The van der Waals surface area contributed by atoms with Crippen LogP contribution in [-0.4, -0.2) is 11.9 Å². The smallest absolute Gasteiger partial charge is 0.314 e. The average molecular weight is 366 g/mol. The summed E-state index contributed by atoms with van der Waals surface area (Å²) in [6.45, 7) is 4.08. The third kappa shape index (κ3) is 5.19. The molecule has 1 aliphatic rings. The molecule has 4 heteroatoms. The third-order valence-electron chi connectivity index (χ3n) is 5.18. The van der Waals surface area contributed by atoms with Crippen molar-refractivity contribution < 1.29 is 19.1 Å². The molecule has 1 aliphatic carbocycles. The number of carbonyl (C=O) groups excluding carboxylic acids is 2. The molecule has 0 aromatic heterocycles. The van der Waals surface area contributed by atoms with Gasteiger partial charge in [-0.2, -0.15) is 0 Å². The highest BCUT2D eigenvalue weighted by atomic mass is 16.5. The molecule has 0 N–H and O–H groups in total. The lowest BCUT2D eigenvalue weighted by Crippen LogP contribution is -2.30. The molecular weight excluding hydrogens is 340 g/mol. The van der Waals surface area contributed by atoms with Crippen LogP contribution in [0.1, 0.15) is 43.7 Å². The zero-order chi connectivity index (χ0) is 19.2. The molecule has 0 amide bonds. The van der Waals surface area contributed by atoms with Gasteiger partial charge in [0.1, 0.15) is 11.5 Å². The van der Waals surface area contributed by atoms with E-state index in [4.69, 9.17) is 9.47 Å². The van der Waals surface area contributed by atoms with Gasteiger partial charge in [0.15, 0.2) is 0 Å². The van der Waals surface area contributed by atoms with E-state index in [1.807, 2.05) is 43.3 Å². The highest BCUT2D eigenvalue weighted by Gasteiger charge is 2.32. The lowest BCUT2D eigenvalue weighted by molar-refractivity contribution is -0.145. The molecule has 2 aromatic carbocycles. The monoisotopic (exact) mass is 366 g/mol. The van der Waals surface area contributed by atoms with E-state index in [-0.39, 0.29) is 23.8 Å². The van der Waals surface area contributed by atoms with E-state index in [1.54, 1.807) is 12.1 Å². The Bertz CT molecular complexity index is 769. The summed E-state index contributed by atoms with van der Waals surface area (Å²) in [5.74, 6) is 0.435. The zero-order valence-corrected chi connectivity index (χ0v) is 15.9. The van der Waals surface area contributed by atoms with Gasteiger partial charge in [0, 0.05) is 0 Å². The summed E-state index contributed by atoms with van der Waals surface area (Å²) in [7, 11) is 0. The van der Waals surface area contributed by atoms with Crippen LogP contribution < -0.4 is 9.47 Å². The molecule has 0 aliphatic heterocycles. The van der Waals surface area contributed by atoms with Crippen molar-refractivity contribution in [2.75, 3.05) is 0 Å². The number of hydrogen-bond donors (Lipinski definition) is 0. The van der Waals surface area contributed by atoms with Crippen LogP contribution in [0.5, 0.6) is 11.5 Å². The molecule has 2 aromatic rings. The summed E-state index contributed by atoms with van der Waals surface area (Å²) < 4.78 is 11.0. The van der Waals surface area contributed by atoms with Crippen LogP contribution in [-0.2, 0) is 16.0 Å². The Morgan fingerprint density at radius 2 is 1.19 bits per heavy atom. The summed E-state index contributed by atoms with van der Waals surface area (Å²) >= 11 is 0. The van der Waals surface area contributed by atoms with Gasteiger partial charge in [0.05, 0.1) is 11.8 Å². The summed E-state index contributed by atoms with van der Waals surface area (Å²) in [4.78, 5) is 24.7. The van der Waals surface area contributed by atoms with Gasteiger partial charge in [-0.1, -0.05) is 36.8 Å². The lowest BCUT2D eigenvalue weighted by Gasteiger charge is -2.25.